The van der Waals surface area contributed by atoms with E-state index in [1.165, 1.54) is 4.21 Å². The summed E-state index contributed by atoms with van der Waals surface area (Å²) in [5.74, 6) is 0. The molecule has 1 aromatic carbocycles. The minimum atomic E-state index is -0.134. The molecular weight excluding hydrogens is 290 g/mol. The van der Waals surface area contributed by atoms with Crippen LogP contribution in [0, 0.1) is 0 Å². The lowest BCUT2D eigenvalue weighted by atomic mass is 10.1. The molecule has 6 heteroatoms. The number of benzene rings is 1. The number of rotatable bonds is 3. The molecule has 0 bridgehead atoms. The van der Waals surface area contributed by atoms with Crippen molar-refractivity contribution in [1.29, 1.82) is 0 Å². The highest BCUT2D eigenvalue weighted by Gasteiger charge is 2.17. The first kappa shape index (κ1) is 13.3. The second kappa shape index (κ2) is 5.76. The molecule has 0 saturated carbocycles. The maximum absolute atomic E-state index is 11.6. The molecule has 1 aliphatic heterocycles. The number of hydrogen-bond donors (Lipinski definition) is 3. The average Bonchev–Trinajstić information content (AvgIpc) is 2.87. The predicted octanol–water partition coefficient (Wildman–Crippen LogP) is 3.93. The molecule has 2 amide bonds. The Kier molecular flexibility index (Phi) is 3.84. The standard InChI is InChI=1S/C14H15N3OS2/c1-9-7-10-8-11(17-20-13-3-2-6-19-13)4-5-12(10)16-14(18)15-9/h2-6,8-9,17H,7H2,1H3,(H2,15,16,18). The summed E-state index contributed by atoms with van der Waals surface area (Å²) in [5, 5.41) is 7.82. The lowest BCUT2D eigenvalue weighted by Gasteiger charge is -2.10. The first-order valence-electron chi connectivity index (χ1n) is 6.37. The van der Waals surface area contributed by atoms with Crippen LogP contribution in [0.2, 0.25) is 0 Å². The van der Waals surface area contributed by atoms with Gasteiger partial charge in [-0.3, -0.25) is 0 Å². The van der Waals surface area contributed by atoms with Crippen LogP contribution in [0.25, 0.3) is 0 Å². The summed E-state index contributed by atoms with van der Waals surface area (Å²) in [5.41, 5.74) is 3.08. The third-order valence-corrected chi connectivity index (χ3v) is 4.90. The Morgan fingerprint density at radius 3 is 3.10 bits per heavy atom. The van der Waals surface area contributed by atoms with Crippen LogP contribution in [0.3, 0.4) is 0 Å². The van der Waals surface area contributed by atoms with Crippen molar-refractivity contribution in [2.45, 2.75) is 23.6 Å². The largest absolute Gasteiger partial charge is 0.335 e. The van der Waals surface area contributed by atoms with E-state index >= 15 is 0 Å². The van der Waals surface area contributed by atoms with Gasteiger partial charge in [0.25, 0.3) is 0 Å². The van der Waals surface area contributed by atoms with Crippen molar-refractivity contribution in [2.24, 2.45) is 0 Å². The number of nitrogens with one attached hydrogen (secondary N) is 3. The summed E-state index contributed by atoms with van der Waals surface area (Å²) in [6.45, 7) is 2.01. The fraction of sp³-hybridized carbons (Fsp3) is 0.214. The highest BCUT2D eigenvalue weighted by molar-refractivity contribution is 8.02. The number of carbonyl (C=O) groups excluding carboxylic acids is 1. The topological polar surface area (TPSA) is 53.2 Å². The molecule has 3 N–H and O–H groups in total. The molecule has 1 aliphatic rings. The van der Waals surface area contributed by atoms with Gasteiger partial charge >= 0.3 is 6.03 Å². The molecule has 20 heavy (non-hydrogen) atoms. The molecule has 104 valence electrons. The van der Waals surface area contributed by atoms with Crippen LogP contribution in [-0.4, -0.2) is 12.1 Å². The van der Waals surface area contributed by atoms with Crippen molar-refractivity contribution >= 4 is 40.7 Å². The van der Waals surface area contributed by atoms with E-state index in [9.17, 15) is 4.79 Å². The molecule has 3 rings (SSSR count). The monoisotopic (exact) mass is 305 g/mol. The molecule has 1 atom stereocenters. The van der Waals surface area contributed by atoms with Gasteiger partial charge in [0.1, 0.15) is 0 Å². The highest BCUT2D eigenvalue weighted by atomic mass is 32.2. The quantitative estimate of drug-likeness (QED) is 0.753. The minimum absolute atomic E-state index is 0.134. The Labute approximate surface area is 126 Å². The van der Waals surface area contributed by atoms with Crippen LogP contribution in [0.1, 0.15) is 12.5 Å². The maximum atomic E-state index is 11.6. The molecule has 0 fully saturated rings. The lowest BCUT2D eigenvalue weighted by molar-refractivity contribution is 0.250. The lowest BCUT2D eigenvalue weighted by Crippen LogP contribution is -2.34. The molecular formula is C14H15N3OS2. The van der Waals surface area contributed by atoms with Crippen molar-refractivity contribution in [2.75, 3.05) is 10.0 Å². The van der Waals surface area contributed by atoms with E-state index in [0.717, 1.165) is 23.4 Å². The SMILES string of the molecule is CC1Cc2cc(NSc3cccs3)ccc2NC(=O)N1. The fourth-order valence-corrected chi connectivity index (χ4v) is 3.57. The van der Waals surface area contributed by atoms with E-state index in [0.29, 0.717) is 0 Å². The van der Waals surface area contributed by atoms with Crippen molar-refractivity contribution in [3.63, 3.8) is 0 Å². The maximum Gasteiger partial charge on any atom is 0.319 e. The van der Waals surface area contributed by atoms with E-state index in [1.54, 1.807) is 23.3 Å². The Morgan fingerprint density at radius 2 is 2.30 bits per heavy atom. The van der Waals surface area contributed by atoms with E-state index in [4.69, 9.17) is 0 Å². The molecule has 0 spiro atoms. The summed E-state index contributed by atoms with van der Waals surface area (Å²) < 4.78 is 4.56. The van der Waals surface area contributed by atoms with Crippen molar-refractivity contribution in [3.8, 4) is 0 Å². The van der Waals surface area contributed by atoms with Crippen LogP contribution in [0.4, 0.5) is 16.2 Å². The van der Waals surface area contributed by atoms with Crippen LogP contribution >= 0.6 is 23.3 Å². The van der Waals surface area contributed by atoms with Crippen LogP contribution in [-0.2, 0) is 6.42 Å². The summed E-state index contributed by atoms with van der Waals surface area (Å²) >= 11 is 3.31. The summed E-state index contributed by atoms with van der Waals surface area (Å²) in [4.78, 5) is 11.6. The minimum Gasteiger partial charge on any atom is -0.335 e. The van der Waals surface area contributed by atoms with Crippen LogP contribution in [0.15, 0.2) is 39.9 Å². The summed E-state index contributed by atoms with van der Waals surface area (Å²) in [6.07, 6.45) is 0.827. The zero-order valence-electron chi connectivity index (χ0n) is 11.0. The third-order valence-electron chi connectivity index (χ3n) is 3.02. The number of anilines is 2. The Bertz CT molecular complexity index is 613. The van der Waals surface area contributed by atoms with Gasteiger partial charge < -0.3 is 15.4 Å². The van der Waals surface area contributed by atoms with Gasteiger partial charge in [0.2, 0.25) is 0 Å². The third kappa shape index (κ3) is 3.08. The molecule has 1 unspecified atom stereocenters. The van der Waals surface area contributed by atoms with E-state index in [-0.39, 0.29) is 12.1 Å². The fourth-order valence-electron chi connectivity index (χ4n) is 2.14. The molecule has 2 heterocycles. The van der Waals surface area contributed by atoms with Gasteiger partial charge in [0.15, 0.2) is 0 Å². The second-order valence-corrected chi connectivity index (χ2v) is 6.77. The molecule has 4 nitrogen and oxygen atoms in total. The molecule has 2 aromatic rings. The van der Waals surface area contributed by atoms with Crippen LogP contribution in [0.5, 0.6) is 0 Å². The Hall–Kier alpha value is -1.66. The molecule has 0 aliphatic carbocycles. The van der Waals surface area contributed by atoms with Gasteiger partial charge in [0, 0.05) is 17.4 Å². The number of carbonyl (C=O) groups is 1. The first-order chi connectivity index (χ1) is 9.70. The zero-order chi connectivity index (χ0) is 13.9. The number of thiophene rings is 1. The van der Waals surface area contributed by atoms with Gasteiger partial charge in [-0.1, -0.05) is 6.07 Å². The smallest absolute Gasteiger partial charge is 0.319 e. The number of fused-ring (bicyclic) bond motifs is 1. The molecule has 1 aromatic heterocycles. The first-order valence-corrected chi connectivity index (χ1v) is 8.07. The van der Waals surface area contributed by atoms with E-state index < -0.39 is 0 Å². The predicted molar refractivity (Wildman–Crippen MR) is 85.6 cm³/mol. The second-order valence-electron chi connectivity index (χ2n) is 4.71. The number of amides is 2. The van der Waals surface area contributed by atoms with Gasteiger partial charge in [-0.25, -0.2) is 4.79 Å². The summed E-state index contributed by atoms with van der Waals surface area (Å²) in [6, 6.07) is 10.1. The molecule has 0 radical (unpaired) electrons. The van der Waals surface area contributed by atoms with Gasteiger partial charge in [-0.2, -0.15) is 0 Å². The van der Waals surface area contributed by atoms with Crippen molar-refractivity contribution in [3.05, 3.63) is 41.3 Å². The van der Waals surface area contributed by atoms with Crippen molar-refractivity contribution in [1.82, 2.24) is 5.32 Å². The Balaban J connectivity index is 1.76. The van der Waals surface area contributed by atoms with E-state index in [2.05, 4.69) is 32.9 Å². The highest BCUT2D eigenvalue weighted by Crippen LogP contribution is 2.29. The van der Waals surface area contributed by atoms with Gasteiger partial charge in [0.05, 0.1) is 4.21 Å². The summed E-state index contributed by atoms with van der Waals surface area (Å²) in [7, 11) is 0. The van der Waals surface area contributed by atoms with Gasteiger partial charge in [-0.15, -0.1) is 11.3 Å². The number of urea groups is 1. The number of hydrogen-bond acceptors (Lipinski definition) is 4. The normalized spacial score (nSPS) is 17.6. The Morgan fingerprint density at radius 1 is 1.40 bits per heavy atom. The molecule has 0 saturated heterocycles. The zero-order valence-corrected chi connectivity index (χ0v) is 12.6. The average molecular weight is 305 g/mol. The van der Waals surface area contributed by atoms with E-state index in [1.807, 2.05) is 25.1 Å². The van der Waals surface area contributed by atoms with Crippen molar-refractivity contribution < 1.29 is 4.79 Å². The van der Waals surface area contributed by atoms with Gasteiger partial charge in [-0.05, 0) is 60.5 Å². The van der Waals surface area contributed by atoms with Crippen LogP contribution < -0.4 is 15.4 Å².